The summed E-state index contributed by atoms with van der Waals surface area (Å²) in [7, 11) is 0. The zero-order chi connectivity index (χ0) is 6.97. The molecule has 2 aromatic rings. The number of fused-ring (bicyclic) bond motifs is 1. The third kappa shape index (κ3) is 0.752. The van der Waals surface area contributed by atoms with Crippen LogP contribution < -0.4 is 0 Å². The Morgan fingerprint density at radius 1 is 1.60 bits per heavy atom. The standard InChI is InChI=1S/C6H3ClN3/c7-5-1-2-10-6(3-5)8-4-9-10/h1-3H. The third-order valence-corrected chi connectivity index (χ3v) is 1.43. The van der Waals surface area contributed by atoms with Crippen LogP contribution in [0.15, 0.2) is 18.3 Å². The fourth-order valence-electron chi connectivity index (χ4n) is 0.746. The van der Waals surface area contributed by atoms with Crippen LogP contribution in [0.5, 0.6) is 0 Å². The molecule has 0 bridgehead atoms. The summed E-state index contributed by atoms with van der Waals surface area (Å²) in [6.07, 6.45) is 4.21. The number of hydrogen-bond donors (Lipinski definition) is 0. The molecule has 49 valence electrons. The number of pyridine rings is 1. The number of rotatable bonds is 0. The molecule has 0 spiro atoms. The first-order valence-electron chi connectivity index (χ1n) is 2.74. The Morgan fingerprint density at radius 2 is 2.50 bits per heavy atom. The maximum Gasteiger partial charge on any atom is 0.221 e. The van der Waals surface area contributed by atoms with Gasteiger partial charge in [0, 0.05) is 17.3 Å². The molecule has 0 aliphatic carbocycles. The average Bonchev–Trinajstić information content (AvgIpc) is 2.33. The predicted octanol–water partition coefficient (Wildman–Crippen LogP) is 1.18. The van der Waals surface area contributed by atoms with E-state index in [0.717, 1.165) is 0 Å². The minimum absolute atomic E-state index is 0.661. The van der Waals surface area contributed by atoms with Gasteiger partial charge in [-0.25, -0.2) is 9.50 Å². The van der Waals surface area contributed by atoms with Crippen LogP contribution in [0, 0.1) is 6.33 Å². The van der Waals surface area contributed by atoms with Crippen molar-refractivity contribution in [2.75, 3.05) is 0 Å². The average molecular weight is 153 g/mol. The SMILES string of the molecule is Clc1ccn2n[c]nc2c1. The van der Waals surface area contributed by atoms with Crippen LogP contribution >= 0.6 is 11.6 Å². The van der Waals surface area contributed by atoms with Crippen molar-refractivity contribution in [2.24, 2.45) is 0 Å². The molecule has 4 heteroatoms. The fourth-order valence-corrected chi connectivity index (χ4v) is 0.900. The van der Waals surface area contributed by atoms with Crippen LogP contribution in [0.1, 0.15) is 0 Å². The van der Waals surface area contributed by atoms with E-state index in [9.17, 15) is 0 Å². The van der Waals surface area contributed by atoms with E-state index < -0.39 is 0 Å². The van der Waals surface area contributed by atoms with Gasteiger partial charge in [0.25, 0.3) is 0 Å². The summed E-state index contributed by atoms with van der Waals surface area (Å²) in [6, 6.07) is 3.47. The van der Waals surface area contributed by atoms with Crippen molar-refractivity contribution in [2.45, 2.75) is 0 Å². The van der Waals surface area contributed by atoms with Gasteiger partial charge >= 0.3 is 0 Å². The second-order valence-electron chi connectivity index (χ2n) is 1.86. The summed E-state index contributed by atoms with van der Waals surface area (Å²) >= 11 is 5.68. The summed E-state index contributed by atoms with van der Waals surface area (Å²) in [5.74, 6) is 0. The largest absolute Gasteiger partial charge is 0.221 e. The lowest BCUT2D eigenvalue weighted by atomic mass is 10.5. The molecule has 0 aromatic carbocycles. The van der Waals surface area contributed by atoms with E-state index in [1.807, 2.05) is 0 Å². The van der Waals surface area contributed by atoms with Crippen molar-refractivity contribution in [3.8, 4) is 0 Å². The zero-order valence-electron chi connectivity index (χ0n) is 4.95. The highest BCUT2D eigenvalue weighted by Crippen LogP contribution is 2.08. The molecule has 0 saturated heterocycles. The lowest BCUT2D eigenvalue weighted by Crippen LogP contribution is -1.83. The lowest BCUT2D eigenvalue weighted by molar-refractivity contribution is 0.956. The zero-order valence-corrected chi connectivity index (χ0v) is 5.71. The van der Waals surface area contributed by atoms with Crippen molar-refractivity contribution in [1.82, 2.24) is 14.6 Å². The molecule has 1 radical (unpaired) electrons. The summed E-state index contributed by atoms with van der Waals surface area (Å²) in [4.78, 5) is 3.82. The van der Waals surface area contributed by atoms with E-state index in [1.165, 1.54) is 0 Å². The highest BCUT2D eigenvalue weighted by molar-refractivity contribution is 6.30. The minimum atomic E-state index is 0.661. The summed E-state index contributed by atoms with van der Waals surface area (Å²) in [5, 5.41) is 4.44. The Balaban J connectivity index is 2.86. The van der Waals surface area contributed by atoms with E-state index in [0.29, 0.717) is 10.7 Å². The molecular weight excluding hydrogens is 150 g/mol. The van der Waals surface area contributed by atoms with Crippen molar-refractivity contribution >= 4 is 17.2 Å². The van der Waals surface area contributed by atoms with Crippen LogP contribution in [-0.4, -0.2) is 14.6 Å². The quantitative estimate of drug-likeness (QED) is 0.568. The van der Waals surface area contributed by atoms with Crippen molar-refractivity contribution in [1.29, 1.82) is 0 Å². The van der Waals surface area contributed by atoms with Gasteiger partial charge in [0.15, 0.2) is 5.65 Å². The second-order valence-corrected chi connectivity index (χ2v) is 2.30. The Bertz CT molecular complexity index is 355. The fraction of sp³-hybridized carbons (Fsp3) is 0. The van der Waals surface area contributed by atoms with Crippen molar-refractivity contribution in [3.63, 3.8) is 0 Å². The molecule has 0 saturated carbocycles. The topological polar surface area (TPSA) is 30.2 Å². The molecule has 2 heterocycles. The van der Waals surface area contributed by atoms with Crippen LogP contribution in [0.4, 0.5) is 0 Å². The first-order valence-corrected chi connectivity index (χ1v) is 3.12. The molecule has 0 amide bonds. The highest BCUT2D eigenvalue weighted by atomic mass is 35.5. The van der Waals surface area contributed by atoms with E-state index in [1.54, 1.807) is 22.8 Å². The third-order valence-electron chi connectivity index (χ3n) is 1.19. The molecule has 0 fully saturated rings. The molecule has 0 aliphatic heterocycles. The van der Waals surface area contributed by atoms with E-state index in [2.05, 4.69) is 16.4 Å². The summed E-state index contributed by atoms with van der Waals surface area (Å²) in [5.41, 5.74) is 0.715. The van der Waals surface area contributed by atoms with Gasteiger partial charge < -0.3 is 0 Å². The maximum atomic E-state index is 5.68. The van der Waals surface area contributed by atoms with Gasteiger partial charge in [-0.2, -0.15) is 0 Å². The van der Waals surface area contributed by atoms with Gasteiger partial charge in [-0.1, -0.05) is 11.6 Å². The highest BCUT2D eigenvalue weighted by Gasteiger charge is 1.93. The van der Waals surface area contributed by atoms with Crippen molar-refractivity contribution < 1.29 is 0 Å². The lowest BCUT2D eigenvalue weighted by Gasteiger charge is -1.89. The van der Waals surface area contributed by atoms with E-state index in [-0.39, 0.29) is 0 Å². The van der Waals surface area contributed by atoms with Crippen LogP contribution in [0.3, 0.4) is 0 Å². The second kappa shape index (κ2) is 1.95. The molecule has 2 aromatic heterocycles. The van der Waals surface area contributed by atoms with Crippen molar-refractivity contribution in [3.05, 3.63) is 29.7 Å². The molecule has 2 rings (SSSR count). The Kier molecular flexibility index (Phi) is 1.11. The Labute approximate surface area is 62.3 Å². The van der Waals surface area contributed by atoms with E-state index in [4.69, 9.17) is 11.6 Å². The van der Waals surface area contributed by atoms with Gasteiger partial charge in [-0.05, 0) is 6.07 Å². The monoisotopic (exact) mass is 152 g/mol. The molecular formula is C6H3ClN3. The van der Waals surface area contributed by atoms with E-state index >= 15 is 0 Å². The predicted molar refractivity (Wildman–Crippen MR) is 36.8 cm³/mol. The van der Waals surface area contributed by atoms with Crippen LogP contribution in [0.2, 0.25) is 5.02 Å². The van der Waals surface area contributed by atoms with Gasteiger partial charge in [-0.15, -0.1) is 5.10 Å². The normalized spacial score (nSPS) is 10.5. The first-order chi connectivity index (χ1) is 4.86. The number of hydrogen-bond acceptors (Lipinski definition) is 2. The molecule has 0 unspecified atom stereocenters. The Morgan fingerprint density at radius 3 is 3.40 bits per heavy atom. The molecule has 3 nitrogen and oxygen atoms in total. The molecule has 0 atom stereocenters. The van der Waals surface area contributed by atoms with Gasteiger partial charge in [0.1, 0.15) is 0 Å². The Hall–Kier alpha value is -1.09. The minimum Gasteiger partial charge on any atom is -0.220 e. The number of nitrogens with zero attached hydrogens (tertiary/aromatic N) is 3. The number of aromatic nitrogens is 3. The molecule has 0 N–H and O–H groups in total. The van der Waals surface area contributed by atoms with Gasteiger partial charge in [-0.3, -0.25) is 0 Å². The van der Waals surface area contributed by atoms with Crippen LogP contribution in [0.25, 0.3) is 5.65 Å². The molecule has 0 aliphatic rings. The maximum absolute atomic E-state index is 5.68. The van der Waals surface area contributed by atoms with Gasteiger partial charge in [0.2, 0.25) is 6.33 Å². The van der Waals surface area contributed by atoms with Gasteiger partial charge in [0.05, 0.1) is 0 Å². The summed E-state index contributed by atoms with van der Waals surface area (Å²) in [6.45, 7) is 0. The summed E-state index contributed by atoms with van der Waals surface area (Å²) < 4.78 is 1.60. The smallest absolute Gasteiger partial charge is 0.220 e. The molecule has 10 heavy (non-hydrogen) atoms. The number of halogens is 1. The van der Waals surface area contributed by atoms with Crippen LogP contribution in [-0.2, 0) is 0 Å². The first kappa shape index (κ1) is 5.68.